The van der Waals surface area contributed by atoms with E-state index < -0.39 is 73.2 Å². The Morgan fingerprint density at radius 3 is 0.819 bits per heavy atom. The molecule has 1 aliphatic carbocycles. The average Bonchev–Trinajstić information content (AvgIpc) is 0.779. The van der Waals surface area contributed by atoms with Gasteiger partial charge in [-0.15, -0.1) is 0 Å². The van der Waals surface area contributed by atoms with Gasteiger partial charge in [0.2, 0.25) is 23.6 Å². The van der Waals surface area contributed by atoms with Crippen LogP contribution in [0.25, 0.3) is 0 Å². The Labute approximate surface area is 549 Å². The van der Waals surface area contributed by atoms with Gasteiger partial charge in [0, 0.05) is 119 Å². The summed E-state index contributed by atoms with van der Waals surface area (Å²) in [5, 5.41) is 50.2. The van der Waals surface area contributed by atoms with E-state index in [9.17, 15) is 58.8 Å². The topological polar surface area (TPSA) is 339 Å². The van der Waals surface area contributed by atoms with Crippen LogP contribution in [-0.4, -0.2) is 147 Å². The summed E-state index contributed by atoms with van der Waals surface area (Å²) in [7, 11) is 0. The van der Waals surface area contributed by atoms with Gasteiger partial charge in [0.25, 0.3) is 0 Å². The number of carboxylic acids is 4. The minimum atomic E-state index is -1.17. The number of hydrogen-bond donors (Lipinski definition) is 8. The number of unbranched alkanes of at least 4 members (excludes halogenated alkanes) is 10. The second-order valence-corrected chi connectivity index (χ2v) is 23.3. The first kappa shape index (κ1) is 74.7. The Kier molecular flexibility index (Phi) is 32.9. The number of benzene rings is 4. The second-order valence-electron chi connectivity index (χ2n) is 23.3. The number of fused-ring (bicyclic) bond motifs is 2. The molecule has 4 aromatic carbocycles. The molecule has 24 heteroatoms. The normalized spacial score (nSPS) is 13.9. The molecule has 1 aliphatic heterocycles. The van der Waals surface area contributed by atoms with E-state index in [1.807, 2.05) is 0 Å². The standard InChI is InChI=1S/C70H94N4O20/c1-3-5-7-9-11-13-23-91-67-47-35-51-43-57(73-61(77)17-21-65(83)84)45-53-37-49-41-56(72-60(76)16-20-64(81)82)42-50(68(49)92-24-14-12-10-8-6-4-2)38-54-46-58(74-62(78)18-22-66(85)86)44-52(36-48(67)40-55(39-47)71-59(75)15-19-63(79)80)70(54)94-34-32-90-30-28-88-26-25-87-27-29-89-31-33-93-69(51)53/h39-46H,3-38H2,1-2H3,(H,71,75)(H,72,76)(H,73,77)(H,74,78)(H,79,80)(H,81,82)(H,83,84)(H,85,86). The second kappa shape index (κ2) is 41.4. The lowest BCUT2D eigenvalue weighted by Crippen LogP contribution is -2.17. The van der Waals surface area contributed by atoms with E-state index in [-0.39, 0.29) is 140 Å². The van der Waals surface area contributed by atoms with Crippen LogP contribution in [0.15, 0.2) is 48.5 Å². The van der Waals surface area contributed by atoms with Crippen LogP contribution in [-0.2, 0) is 83.0 Å². The van der Waals surface area contributed by atoms with Gasteiger partial charge in [0.15, 0.2) is 0 Å². The van der Waals surface area contributed by atoms with Gasteiger partial charge in [-0.2, -0.15) is 0 Å². The number of carbonyl (C=O) groups excluding carboxylic acids is 4. The third-order valence-electron chi connectivity index (χ3n) is 15.4. The fourth-order valence-corrected chi connectivity index (χ4v) is 11.0. The van der Waals surface area contributed by atoms with Crippen molar-refractivity contribution >= 4 is 70.3 Å². The molecule has 0 atom stereocenters. The van der Waals surface area contributed by atoms with Gasteiger partial charge in [0.05, 0.1) is 91.8 Å². The smallest absolute Gasteiger partial charge is 0.303 e. The number of amides is 4. The lowest BCUT2D eigenvalue weighted by Gasteiger charge is -2.25. The summed E-state index contributed by atoms with van der Waals surface area (Å²) in [6, 6.07) is 13.8. The van der Waals surface area contributed by atoms with E-state index in [1.165, 1.54) is 0 Å². The number of hydrogen-bond acceptors (Lipinski definition) is 16. The lowest BCUT2D eigenvalue weighted by atomic mass is 9.90. The van der Waals surface area contributed by atoms with Crippen molar-refractivity contribution in [3.8, 4) is 23.0 Å². The van der Waals surface area contributed by atoms with Crippen LogP contribution in [0, 0.1) is 0 Å². The summed E-state index contributed by atoms with van der Waals surface area (Å²) in [5.41, 5.74) is 5.11. The highest BCUT2D eigenvalue weighted by Gasteiger charge is 2.27. The molecule has 0 spiro atoms. The molecule has 0 saturated carbocycles. The number of anilines is 4. The zero-order chi connectivity index (χ0) is 67.5. The SMILES string of the molecule is CCCCCCCCOc1c2cc(NC(=O)CCC(=O)O)cc1Cc1cc(NC(=O)CCC(=O)O)cc3c1OCCOCCOCCOCCOCCOc1c(cc(NC(=O)CCC(=O)O)cc1Cc1cc(NC(=O)CCC(=O)O)cc(c1OCCCCCCCC)C3)C2. The number of nitrogens with one attached hydrogen (secondary N) is 4. The molecular formula is C70H94N4O20. The van der Waals surface area contributed by atoms with Crippen molar-refractivity contribution in [2.45, 2.75) is 168 Å². The number of aliphatic carboxylic acids is 4. The number of ether oxygens (including phenoxy) is 8. The Bertz CT molecular complexity index is 2860. The third-order valence-corrected chi connectivity index (χ3v) is 15.4. The summed E-state index contributed by atoms with van der Waals surface area (Å²) in [6.45, 7) is 6.53. The maximum Gasteiger partial charge on any atom is 0.303 e. The Hall–Kier alpha value is -8.32. The van der Waals surface area contributed by atoms with Crippen molar-refractivity contribution in [2.75, 3.05) is 101 Å². The monoisotopic (exact) mass is 1310 g/mol. The Morgan fingerprint density at radius 1 is 0.330 bits per heavy atom. The first-order valence-corrected chi connectivity index (χ1v) is 33.0. The molecule has 514 valence electrons. The number of carbonyl (C=O) groups is 8. The van der Waals surface area contributed by atoms with E-state index in [2.05, 4.69) is 35.1 Å². The quantitative estimate of drug-likeness (QED) is 0.0185. The molecule has 94 heavy (non-hydrogen) atoms. The van der Waals surface area contributed by atoms with Gasteiger partial charge >= 0.3 is 23.9 Å². The van der Waals surface area contributed by atoms with E-state index in [0.29, 0.717) is 93.6 Å². The molecule has 0 fully saturated rings. The minimum Gasteiger partial charge on any atom is -0.493 e. The summed E-state index contributed by atoms with van der Waals surface area (Å²) in [6.07, 6.45) is 8.07. The van der Waals surface area contributed by atoms with E-state index in [0.717, 1.165) is 64.2 Å². The van der Waals surface area contributed by atoms with Gasteiger partial charge in [-0.1, -0.05) is 78.1 Å². The zero-order valence-corrected chi connectivity index (χ0v) is 54.4. The van der Waals surface area contributed by atoms with Gasteiger partial charge in [-0.3, -0.25) is 38.4 Å². The molecule has 0 saturated heterocycles. The first-order valence-electron chi connectivity index (χ1n) is 33.0. The van der Waals surface area contributed by atoms with Crippen LogP contribution in [0.4, 0.5) is 22.7 Å². The Balaban J connectivity index is 1.75. The summed E-state index contributed by atoms with van der Waals surface area (Å²) >= 11 is 0. The van der Waals surface area contributed by atoms with Crippen LogP contribution >= 0.6 is 0 Å². The van der Waals surface area contributed by atoms with Crippen molar-refractivity contribution in [3.05, 3.63) is 93.0 Å². The van der Waals surface area contributed by atoms with Crippen LogP contribution in [0.3, 0.4) is 0 Å². The molecule has 6 rings (SSSR count). The van der Waals surface area contributed by atoms with Gasteiger partial charge in [0.1, 0.15) is 36.2 Å². The van der Waals surface area contributed by atoms with Gasteiger partial charge in [-0.25, -0.2) is 0 Å². The largest absolute Gasteiger partial charge is 0.493 e. The predicted molar refractivity (Wildman–Crippen MR) is 351 cm³/mol. The van der Waals surface area contributed by atoms with Crippen molar-refractivity contribution < 1.29 is 96.7 Å². The summed E-state index contributed by atoms with van der Waals surface area (Å²) < 4.78 is 51.4. The van der Waals surface area contributed by atoms with Gasteiger partial charge < -0.3 is 79.6 Å². The van der Waals surface area contributed by atoms with Crippen molar-refractivity contribution in [1.29, 1.82) is 0 Å². The van der Waals surface area contributed by atoms with E-state index >= 15 is 0 Å². The van der Waals surface area contributed by atoms with Crippen LogP contribution < -0.4 is 40.2 Å². The number of carboxylic acid groups (broad SMARTS) is 4. The fourth-order valence-electron chi connectivity index (χ4n) is 11.0. The third kappa shape index (κ3) is 27.3. The Morgan fingerprint density at radius 2 is 0.564 bits per heavy atom. The molecule has 4 amide bonds. The molecule has 8 N–H and O–H groups in total. The molecule has 0 unspecified atom stereocenters. The predicted octanol–water partition coefficient (Wildman–Crippen LogP) is 10.9. The first-order chi connectivity index (χ1) is 45.5. The maximum atomic E-state index is 13.8. The van der Waals surface area contributed by atoms with Crippen LogP contribution in [0.2, 0.25) is 0 Å². The van der Waals surface area contributed by atoms with Gasteiger partial charge in [-0.05, 0) is 61.4 Å². The highest BCUT2D eigenvalue weighted by Crippen LogP contribution is 2.43. The molecular weight excluding hydrogens is 1220 g/mol. The molecule has 1 heterocycles. The fraction of sp³-hybridized carbons (Fsp3) is 0.543. The van der Waals surface area contributed by atoms with Crippen molar-refractivity contribution in [3.63, 3.8) is 0 Å². The number of rotatable bonds is 32. The molecule has 10 bridgehead atoms. The molecule has 0 radical (unpaired) electrons. The molecule has 24 nitrogen and oxygen atoms in total. The van der Waals surface area contributed by atoms with Crippen molar-refractivity contribution in [1.82, 2.24) is 0 Å². The van der Waals surface area contributed by atoms with Crippen LogP contribution in [0.1, 0.15) is 187 Å². The zero-order valence-electron chi connectivity index (χ0n) is 54.4. The molecule has 2 aliphatic rings. The minimum absolute atomic E-state index is 0.00133. The van der Waals surface area contributed by atoms with E-state index in [4.69, 9.17) is 37.9 Å². The van der Waals surface area contributed by atoms with Crippen LogP contribution in [0.5, 0.6) is 23.0 Å². The summed E-state index contributed by atoms with van der Waals surface area (Å²) in [5.74, 6) is -5.52. The maximum absolute atomic E-state index is 13.8. The molecule has 4 aromatic rings. The van der Waals surface area contributed by atoms with E-state index in [1.54, 1.807) is 48.5 Å². The van der Waals surface area contributed by atoms with Crippen molar-refractivity contribution in [2.24, 2.45) is 0 Å². The lowest BCUT2D eigenvalue weighted by molar-refractivity contribution is -0.138. The average molecular weight is 1310 g/mol. The summed E-state index contributed by atoms with van der Waals surface area (Å²) in [4.78, 5) is 102. The molecule has 0 aromatic heterocycles. The highest BCUT2D eigenvalue weighted by atomic mass is 16.6. The highest BCUT2D eigenvalue weighted by molar-refractivity contribution is 5.95.